The van der Waals surface area contributed by atoms with Gasteiger partial charge in [0.25, 0.3) is 11.8 Å². The van der Waals surface area contributed by atoms with Gasteiger partial charge in [0.1, 0.15) is 5.75 Å². The Hall–Kier alpha value is -3.62. The van der Waals surface area contributed by atoms with E-state index in [1.54, 1.807) is 13.0 Å². The number of ether oxygens (including phenoxy) is 1. The number of pyridine rings is 1. The van der Waals surface area contributed by atoms with Crippen LogP contribution in [-0.4, -0.2) is 23.4 Å². The molecule has 3 rings (SSSR count). The number of carbonyl (C=O) groups excluding carboxylic acids is 2. The smallest absolute Gasteiger partial charge is 0.416 e. The van der Waals surface area contributed by atoms with Gasteiger partial charge in [0, 0.05) is 5.39 Å². The number of nitrogens with one attached hydrogen (secondary N) is 2. The molecule has 0 radical (unpaired) electrons. The molecule has 2 amide bonds. The highest BCUT2D eigenvalue weighted by molar-refractivity contribution is 5.99. The van der Waals surface area contributed by atoms with Crippen LogP contribution in [0.1, 0.15) is 27.2 Å². The van der Waals surface area contributed by atoms with Crippen molar-refractivity contribution in [3.63, 3.8) is 0 Å². The zero-order valence-electron chi connectivity index (χ0n) is 16.1. The summed E-state index contributed by atoms with van der Waals surface area (Å²) in [4.78, 5) is 28.7. The van der Waals surface area contributed by atoms with E-state index in [0.717, 1.165) is 28.6 Å². The van der Waals surface area contributed by atoms with Crippen LogP contribution >= 0.6 is 0 Å². The van der Waals surface area contributed by atoms with Crippen molar-refractivity contribution in [1.29, 1.82) is 0 Å². The van der Waals surface area contributed by atoms with Crippen molar-refractivity contribution in [3.8, 4) is 5.75 Å². The van der Waals surface area contributed by atoms with Crippen molar-refractivity contribution < 1.29 is 27.5 Å². The monoisotopic (exact) mass is 417 g/mol. The maximum absolute atomic E-state index is 12.7. The standard InChI is InChI=1S/C21H18F3N3O3/c1-12-6-7-18-14(8-12)9-17(13(2)25-18)20(29)27-26-19(28)11-30-16-5-3-4-15(10-16)21(22,23)24/h3-10H,11H2,1-2H3,(H,26,28)(H,27,29). The molecule has 3 aromatic rings. The second-order valence-corrected chi connectivity index (χ2v) is 6.63. The molecule has 1 heterocycles. The van der Waals surface area contributed by atoms with E-state index in [-0.39, 0.29) is 11.3 Å². The van der Waals surface area contributed by atoms with E-state index in [4.69, 9.17) is 4.74 Å². The fourth-order valence-corrected chi connectivity index (χ4v) is 2.76. The summed E-state index contributed by atoms with van der Waals surface area (Å²) >= 11 is 0. The summed E-state index contributed by atoms with van der Waals surface area (Å²) in [5.41, 5.74) is 6.06. The third-order valence-corrected chi connectivity index (χ3v) is 4.25. The lowest BCUT2D eigenvalue weighted by Gasteiger charge is -2.12. The molecule has 0 bridgehead atoms. The van der Waals surface area contributed by atoms with Gasteiger partial charge in [-0.3, -0.25) is 25.4 Å². The molecule has 0 aliphatic rings. The van der Waals surface area contributed by atoms with Gasteiger partial charge in [-0.05, 0) is 50.2 Å². The van der Waals surface area contributed by atoms with Gasteiger partial charge in [-0.15, -0.1) is 0 Å². The Morgan fingerprint density at radius 1 is 1.03 bits per heavy atom. The van der Waals surface area contributed by atoms with Crippen molar-refractivity contribution in [2.45, 2.75) is 20.0 Å². The first kappa shape index (κ1) is 21.1. The lowest BCUT2D eigenvalue weighted by molar-refractivity contribution is -0.137. The Balaban J connectivity index is 1.59. The van der Waals surface area contributed by atoms with Gasteiger partial charge in [0.2, 0.25) is 0 Å². The minimum atomic E-state index is -4.51. The van der Waals surface area contributed by atoms with Crippen LogP contribution in [0.15, 0.2) is 48.5 Å². The fourth-order valence-electron chi connectivity index (χ4n) is 2.76. The van der Waals surface area contributed by atoms with Crippen LogP contribution in [0.3, 0.4) is 0 Å². The van der Waals surface area contributed by atoms with Crippen LogP contribution in [-0.2, 0) is 11.0 Å². The average Bonchev–Trinajstić information content (AvgIpc) is 2.70. The number of carbonyl (C=O) groups is 2. The number of rotatable bonds is 4. The quantitative estimate of drug-likeness (QED) is 0.635. The first-order valence-corrected chi connectivity index (χ1v) is 8.91. The number of hydrogen-bond donors (Lipinski definition) is 2. The highest BCUT2D eigenvalue weighted by Crippen LogP contribution is 2.31. The number of alkyl halides is 3. The fraction of sp³-hybridized carbons (Fsp3) is 0.190. The van der Waals surface area contributed by atoms with Crippen molar-refractivity contribution in [1.82, 2.24) is 15.8 Å². The zero-order chi connectivity index (χ0) is 21.9. The molecular weight excluding hydrogens is 399 g/mol. The number of halogens is 3. The average molecular weight is 417 g/mol. The van der Waals surface area contributed by atoms with Gasteiger partial charge >= 0.3 is 6.18 Å². The van der Waals surface area contributed by atoms with Gasteiger partial charge in [0.05, 0.1) is 22.3 Å². The van der Waals surface area contributed by atoms with Gasteiger partial charge in [0.15, 0.2) is 6.61 Å². The van der Waals surface area contributed by atoms with Crippen LogP contribution in [0.5, 0.6) is 5.75 Å². The lowest BCUT2D eigenvalue weighted by Crippen LogP contribution is -2.44. The Kier molecular flexibility index (Phi) is 5.91. The van der Waals surface area contributed by atoms with E-state index in [1.165, 1.54) is 12.1 Å². The minimum absolute atomic E-state index is 0.115. The molecule has 6 nitrogen and oxygen atoms in total. The van der Waals surface area contributed by atoms with E-state index in [2.05, 4.69) is 15.8 Å². The molecule has 0 unspecified atom stereocenters. The van der Waals surface area contributed by atoms with E-state index in [1.807, 2.05) is 25.1 Å². The first-order valence-electron chi connectivity index (χ1n) is 8.91. The molecule has 0 saturated heterocycles. The molecule has 0 saturated carbocycles. The lowest BCUT2D eigenvalue weighted by atomic mass is 10.1. The van der Waals surface area contributed by atoms with Crippen LogP contribution < -0.4 is 15.6 Å². The summed E-state index contributed by atoms with van der Waals surface area (Å²) in [6.07, 6.45) is -4.51. The van der Waals surface area contributed by atoms with Crippen molar-refractivity contribution in [3.05, 3.63) is 70.9 Å². The van der Waals surface area contributed by atoms with Gasteiger partial charge < -0.3 is 4.74 Å². The van der Waals surface area contributed by atoms with Crippen LogP contribution in [0, 0.1) is 13.8 Å². The maximum Gasteiger partial charge on any atom is 0.416 e. The molecule has 2 aromatic carbocycles. The summed E-state index contributed by atoms with van der Waals surface area (Å²) in [6.45, 7) is 3.02. The third-order valence-electron chi connectivity index (χ3n) is 4.25. The largest absolute Gasteiger partial charge is 0.484 e. The molecule has 0 atom stereocenters. The van der Waals surface area contributed by atoms with Gasteiger partial charge in [-0.2, -0.15) is 13.2 Å². The number of amides is 2. The SMILES string of the molecule is Cc1ccc2nc(C)c(C(=O)NNC(=O)COc3cccc(C(F)(F)F)c3)cc2c1. The zero-order valence-corrected chi connectivity index (χ0v) is 16.1. The molecule has 0 spiro atoms. The third kappa shape index (κ3) is 5.05. The van der Waals surface area contributed by atoms with Gasteiger partial charge in [-0.25, -0.2) is 0 Å². The van der Waals surface area contributed by atoms with Crippen LogP contribution in [0.25, 0.3) is 10.9 Å². The van der Waals surface area contributed by atoms with E-state index >= 15 is 0 Å². The molecule has 9 heteroatoms. The molecule has 0 fully saturated rings. The van der Waals surface area contributed by atoms with E-state index in [0.29, 0.717) is 5.69 Å². The molecule has 30 heavy (non-hydrogen) atoms. The Labute approximate surface area is 170 Å². The number of aryl methyl sites for hydroxylation is 2. The maximum atomic E-state index is 12.7. The predicted molar refractivity (Wildman–Crippen MR) is 104 cm³/mol. The molecule has 0 aliphatic heterocycles. The molecule has 2 N–H and O–H groups in total. The number of fused-ring (bicyclic) bond motifs is 1. The highest BCUT2D eigenvalue weighted by Gasteiger charge is 2.30. The summed E-state index contributed by atoms with van der Waals surface area (Å²) in [7, 11) is 0. The number of aromatic nitrogens is 1. The second-order valence-electron chi connectivity index (χ2n) is 6.63. The van der Waals surface area contributed by atoms with Crippen molar-refractivity contribution >= 4 is 22.7 Å². The van der Waals surface area contributed by atoms with E-state index in [9.17, 15) is 22.8 Å². The molecule has 1 aromatic heterocycles. The molecular formula is C21H18F3N3O3. The molecule has 156 valence electrons. The van der Waals surface area contributed by atoms with Gasteiger partial charge in [-0.1, -0.05) is 17.7 Å². The Bertz CT molecular complexity index is 1110. The second kappa shape index (κ2) is 8.40. The molecule has 0 aliphatic carbocycles. The summed E-state index contributed by atoms with van der Waals surface area (Å²) in [6, 6.07) is 11.5. The number of benzene rings is 2. The number of hydrogen-bond acceptors (Lipinski definition) is 4. The van der Waals surface area contributed by atoms with E-state index < -0.39 is 30.2 Å². The summed E-state index contributed by atoms with van der Waals surface area (Å²) < 4.78 is 43.2. The topological polar surface area (TPSA) is 80.3 Å². The number of nitrogens with zero attached hydrogens (tertiary/aromatic N) is 1. The van der Waals surface area contributed by atoms with Crippen molar-refractivity contribution in [2.75, 3.05) is 6.61 Å². The Morgan fingerprint density at radius 3 is 2.53 bits per heavy atom. The predicted octanol–water partition coefficient (Wildman–Crippen LogP) is 3.71. The summed E-state index contributed by atoms with van der Waals surface area (Å²) in [5, 5.41) is 0.782. The first-order chi connectivity index (χ1) is 14.1. The Morgan fingerprint density at radius 2 is 1.80 bits per heavy atom. The summed E-state index contributed by atoms with van der Waals surface area (Å²) in [5.74, 6) is -1.42. The van der Waals surface area contributed by atoms with Crippen LogP contribution in [0.2, 0.25) is 0 Å². The normalized spacial score (nSPS) is 11.2. The highest BCUT2D eigenvalue weighted by atomic mass is 19.4. The number of hydrazine groups is 1. The minimum Gasteiger partial charge on any atom is -0.484 e. The van der Waals surface area contributed by atoms with Crippen LogP contribution in [0.4, 0.5) is 13.2 Å². The van der Waals surface area contributed by atoms with Crippen molar-refractivity contribution in [2.24, 2.45) is 0 Å².